The van der Waals surface area contributed by atoms with E-state index in [1.165, 1.54) is 35.6 Å². The third-order valence-corrected chi connectivity index (χ3v) is 12.1. The Morgan fingerprint density at radius 3 is 1.94 bits per heavy atom. The summed E-state index contributed by atoms with van der Waals surface area (Å²) in [5, 5.41) is 7.05. The van der Waals surface area contributed by atoms with Crippen molar-refractivity contribution in [3.05, 3.63) is 152 Å². The van der Waals surface area contributed by atoms with Crippen molar-refractivity contribution in [2.75, 3.05) is 0 Å². The minimum Gasteiger partial charge on any atom is -0.455 e. The number of para-hydroxylation sites is 2. The number of nitrogens with zero attached hydrogens (tertiary/aromatic N) is 3. The molecule has 0 amide bonds. The molecule has 0 radical (unpaired) electrons. The highest BCUT2D eigenvalue weighted by atomic mass is 32.1. The van der Waals surface area contributed by atoms with Crippen LogP contribution in [0.3, 0.4) is 0 Å². The summed E-state index contributed by atoms with van der Waals surface area (Å²) in [6, 6.07) is 53.1. The average molecular weight is 688 g/mol. The van der Waals surface area contributed by atoms with Crippen LogP contribution in [0.15, 0.2) is 156 Å². The van der Waals surface area contributed by atoms with Gasteiger partial charge >= 0.3 is 0 Å². The van der Waals surface area contributed by atoms with Crippen molar-refractivity contribution < 1.29 is 4.42 Å². The lowest BCUT2D eigenvalue weighted by Gasteiger charge is -2.10. The molecule has 0 unspecified atom stereocenters. The van der Waals surface area contributed by atoms with Gasteiger partial charge in [0.1, 0.15) is 11.2 Å². The van der Waals surface area contributed by atoms with E-state index in [0.29, 0.717) is 17.5 Å². The van der Waals surface area contributed by atoms with E-state index >= 15 is 0 Å². The van der Waals surface area contributed by atoms with Crippen LogP contribution in [0, 0.1) is 0 Å². The van der Waals surface area contributed by atoms with Crippen molar-refractivity contribution in [3.8, 4) is 45.3 Å². The molecular weight excluding hydrogens is 663 g/mol. The lowest BCUT2D eigenvalue weighted by Crippen LogP contribution is -2.00. The third-order valence-electron chi connectivity index (χ3n) is 9.76. The van der Waals surface area contributed by atoms with Crippen molar-refractivity contribution >= 4 is 85.0 Å². The number of benzene rings is 7. The summed E-state index contributed by atoms with van der Waals surface area (Å²) in [6.07, 6.45) is 0. The van der Waals surface area contributed by atoms with Crippen LogP contribution in [-0.2, 0) is 0 Å². The maximum absolute atomic E-state index is 6.42. The van der Waals surface area contributed by atoms with Gasteiger partial charge in [-0.15, -0.1) is 22.7 Å². The fourth-order valence-corrected chi connectivity index (χ4v) is 9.73. The highest BCUT2D eigenvalue weighted by molar-refractivity contribution is 7.26. The first kappa shape index (κ1) is 28.6. The van der Waals surface area contributed by atoms with Crippen LogP contribution in [0.2, 0.25) is 0 Å². The summed E-state index contributed by atoms with van der Waals surface area (Å²) in [6.45, 7) is 0. The van der Waals surface area contributed by atoms with Crippen LogP contribution >= 0.6 is 22.7 Å². The zero-order valence-corrected chi connectivity index (χ0v) is 28.6. The van der Waals surface area contributed by atoms with Crippen molar-refractivity contribution in [1.29, 1.82) is 0 Å². The normalized spacial score (nSPS) is 11.9. The van der Waals surface area contributed by atoms with Gasteiger partial charge in [-0.3, -0.25) is 0 Å². The van der Waals surface area contributed by atoms with Gasteiger partial charge in [-0.2, -0.15) is 0 Å². The predicted octanol–water partition coefficient (Wildman–Crippen LogP) is 13.2. The first-order chi connectivity index (χ1) is 25.3. The van der Waals surface area contributed by atoms with Gasteiger partial charge in [0.15, 0.2) is 17.5 Å². The molecule has 238 valence electrons. The molecule has 0 aliphatic rings. The lowest BCUT2D eigenvalue weighted by atomic mass is 10.00. The minimum absolute atomic E-state index is 0.659. The van der Waals surface area contributed by atoms with Crippen molar-refractivity contribution in [2.45, 2.75) is 0 Å². The standard InChI is InChI=1S/C45H25N3OS2/c1-2-11-26(12-3-1)43-46-44(33-18-10-22-39-40(33)32-14-5-7-21-37(32)50-39)48-45(47-43)34-19-9-17-31-35-25-27(23-24-38(35)51-42(31)34)28-15-8-16-30-29-13-4-6-20-36(29)49-41(28)30/h1-25H. The van der Waals surface area contributed by atoms with Crippen molar-refractivity contribution in [1.82, 2.24) is 15.0 Å². The average Bonchev–Trinajstić information content (AvgIpc) is 3.89. The molecule has 4 heterocycles. The molecule has 0 bridgehead atoms. The molecular formula is C45H25N3OS2. The lowest BCUT2D eigenvalue weighted by molar-refractivity contribution is 0.670. The van der Waals surface area contributed by atoms with Crippen molar-refractivity contribution in [2.24, 2.45) is 0 Å². The van der Waals surface area contributed by atoms with Gasteiger partial charge in [-0.1, -0.05) is 115 Å². The fraction of sp³-hybridized carbons (Fsp3) is 0. The van der Waals surface area contributed by atoms with Gasteiger partial charge in [0, 0.05) is 73.4 Å². The fourth-order valence-electron chi connectivity index (χ4n) is 7.41. The SMILES string of the molecule is c1ccc(-c2nc(-c3cccc4c3sc3ccc(-c5cccc6c5oc5ccccc56)cc34)nc(-c3cccc4sc5ccccc5c34)n2)cc1. The van der Waals surface area contributed by atoms with E-state index in [4.69, 9.17) is 19.4 Å². The summed E-state index contributed by atoms with van der Waals surface area (Å²) in [7, 11) is 0. The molecule has 0 aliphatic carbocycles. The molecule has 11 aromatic rings. The predicted molar refractivity (Wildman–Crippen MR) is 215 cm³/mol. The molecule has 7 aromatic carbocycles. The largest absolute Gasteiger partial charge is 0.455 e. The highest BCUT2D eigenvalue weighted by Crippen LogP contribution is 2.44. The van der Waals surface area contributed by atoms with Crippen LogP contribution in [0.1, 0.15) is 0 Å². The molecule has 0 saturated heterocycles. The second kappa shape index (κ2) is 11.2. The molecule has 0 spiro atoms. The summed E-state index contributed by atoms with van der Waals surface area (Å²) in [5.41, 5.74) is 7.00. The summed E-state index contributed by atoms with van der Waals surface area (Å²) in [5.74, 6) is 2.00. The Labute approximate surface area is 299 Å². The van der Waals surface area contributed by atoms with E-state index in [2.05, 4.69) is 121 Å². The second-order valence-corrected chi connectivity index (χ2v) is 14.9. The topological polar surface area (TPSA) is 51.8 Å². The van der Waals surface area contributed by atoms with Crippen LogP contribution in [-0.4, -0.2) is 15.0 Å². The smallest absolute Gasteiger partial charge is 0.165 e. The third kappa shape index (κ3) is 4.47. The van der Waals surface area contributed by atoms with Crippen LogP contribution < -0.4 is 0 Å². The maximum Gasteiger partial charge on any atom is 0.165 e. The number of fused-ring (bicyclic) bond motifs is 9. The quantitative estimate of drug-likeness (QED) is 0.185. The summed E-state index contributed by atoms with van der Waals surface area (Å²) < 4.78 is 11.3. The molecule has 51 heavy (non-hydrogen) atoms. The van der Waals surface area contributed by atoms with Crippen LogP contribution in [0.5, 0.6) is 0 Å². The maximum atomic E-state index is 6.42. The molecule has 6 heteroatoms. The molecule has 11 rings (SSSR count). The highest BCUT2D eigenvalue weighted by Gasteiger charge is 2.20. The summed E-state index contributed by atoms with van der Waals surface area (Å²) >= 11 is 3.58. The zero-order chi connectivity index (χ0) is 33.5. The number of hydrogen-bond acceptors (Lipinski definition) is 6. The van der Waals surface area contributed by atoms with E-state index in [1.807, 2.05) is 30.3 Å². The van der Waals surface area contributed by atoms with Crippen LogP contribution in [0.25, 0.3) is 108 Å². The molecule has 0 N–H and O–H groups in total. The number of hydrogen-bond donors (Lipinski definition) is 0. The number of thiophene rings is 2. The number of rotatable bonds is 4. The first-order valence-electron chi connectivity index (χ1n) is 16.9. The van der Waals surface area contributed by atoms with Gasteiger partial charge in [0.25, 0.3) is 0 Å². The number of aromatic nitrogens is 3. The molecule has 4 aromatic heterocycles. The second-order valence-electron chi connectivity index (χ2n) is 12.7. The molecule has 4 nitrogen and oxygen atoms in total. The molecule has 0 aliphatic heterocycles. The van der Waals surface area contributed by atoms with Gasteiger partial charge in [0.05, 0.1) is 0 Å². The van der Waals surface area contributed by atoms with Gasteiger partial charge < -0.3 is 4.42 Å². The Hall–Kier alpha value is -6.21. The zero-order valence-electron chi connectivity index (χ0n) is 27.0. The van der Waals surface area contributed by atoms with Crippen LogP contribution in [0.4, 0.5) is 0 Å². The van der Waals surface area contributed by atoms with E-state index < -0.39 is 0 Å². The van der Waals surface area contributed by atoms with E-state index in [0.717, 1.165) is 54.5 Å². The van der Waals surface area contributed by atoms with Gasteiger partial charge in [-0.25, -0.2) is 15.0 Å². The van der Waals surface area contributed by atoms with Crippen molar-refractivity contribution in [3.63, 3.8) is 0 Å². The van der Waals surface area contributed by atoms with E-state index in [1.54, 1.807) is 22.7 Å². The van der Waals surface area contributed by atoms with E-state index in [9.17, 15) is 0 Å². The Morgan fingerprint density at radius 2 is 1.04 bits per heavy atom. The minimum atomic E-state index is 0.659. The molecule has 0 fully saturated rings. The van der Waals surface area contributed by atoms with Gasteiger partial charge in [0.2, 0.25) is 0 Å². The summed E-state index contributed by atoms with van der Waals surface area (Å²) in [4.78, 5) is 15.5. The Morgan fingerprint density at radius 1 is 0.392 bits per heavy atom. The first-order valence-corrected chi connectivity index (χ1v) is 18.5. The monoisotopic (exact) mass is 687 g/mol. The Bertz CT molecular complexity index is 3160. The van der Waals surface area contributed by atoms with Gasteiger partial charge in [-0.05, 0) is 42.0 Å². The molecule has 0 atom stereocenters. The number of furan rings is 1. The Kier molecular flexibility index (Phi) is 6.26. The van der Waals surface area contributed by atoms with E-state index in [-0.39, 0.29) is 0 Å². The molecule has 0 saturated carbocycles. The Balaban J connectivity index is 1.12.